The zero-order valence-electron chi connectivity index (χ0n) is 22.8. The summed E-state index contributed by atoms with van der Waals surface area (Å²) < 4.78 is -0.623. The largest absolute Gasteiger partial charge is 0.354 e. The molecule has 2 saturated heterocycles. The lowest BCUT2D eigenvalue weighted by atomic mass is 9.74. The summed E-state index contributed by atoms with van der Waals surface area (Å²) >= 11 is 2.52. The van der Waals surface area contributed by atoms with Crippen molar-refractivity contribution in [3.8, 4) is 0 Å². The minimum absolute atomic E-state index is 0.183. The lowest BCUT2D eigenvalue weighted by molar-refractivity contribution is -0.128. The van der Waals surface area contributed by atoms with E-state index in [9.17, 15) is 4.79 Å². The highest BCUT2D eigenvalue weighted by Crippen LogP contribution is 2.51. The highest BCUT2D eigenvalue weighted by atomic mass is 127. The van der Waals surface area contributed by atoms with Crippen LogP contribution in [0.5, 0.6) is 0 Å². The number of ketones is 1. The van der Waals surface area contributed by atoms with Crippen LogP contribution in [0, 0.1) is 12.3 Å². The maximum Gasteiger partial charge on any atom is 0.168 e. The molecule has 3 aromatic rings. The molecular formula is C32H37IN4O. The van der Waals surface area contributed by atoms with Crippen LogP contribution in [-0.2, 0) is 14.9 Å². The van der Waals surface area contributed by atoms with Crippen molar-refractivity contribution < 1.29 is 4.79 Å². The number of rotatable bonds is 5. The fourth-order valence-electron chi connectivity index (χ4n) is 5.46. The normalized spacial score (nSPS) is 23.7. The standard InChI is InChI=1S/C32H37IN4O/c1-24-13-15-25(16-14-24)22-37-23-31(2,3)30(38)28(32(37,33)26-9-6-5-7-10-26)21-27-11-8-12-29(34-27)36-19-17-35(4)18-20-36/h5-16,21H,17-20,22-23H2,1-4H3. The third-order valence-corrected chi connectivity index (χ3v) is 9.65. The molecule has 0 spiro atoms. The quantitative estimate of drug-likeness (QED) is 0.153. The Morgan fingerprint density at radius 3 is 2.29 bits per heavy atom. The molecule has 1 aromatic heterocycles. The van der Waals surface area contributed by atoms with Crippen LogP contribution in [0.2, 0.25) is 0 Å². The lowest BCUT2D eigenvalue weighted by Gasteiger charge is -2.50. The molecule has 0 amide bonds. The second-order valence-corrected chi connectivity index (χ2v) is 12.9. The van der Waals surface area contributed by atoms with Gasteiger partial charge in [-0.3, -0.25) is 9.69 Å². The van der Waals surface area contributed by atoms with E-state index in [1.807, 2.05) is 18.2 Å². The van der Waals surface area contributed by atoms with Gasteiger partial charge in [0.05, 0.1) is 5.69 Å². The van der Waals surface area contributed by atoms with E-state index >= 15 is 0 Å². The van der Waals surface area contributed by atoms with Gasteiger partial charge in [-0.25, -0.2) is 4.98 Å². The molecule has 198 valence electrons. The van der Waals surface area contributed by atoms with Gasteiger partial charge in [-0.1, -0.05) is 103 Å². The van der Waals surface area contributed by atoms with Gasteiger partial charge in [0.2, 0.25) is 0 Å². The number of likely N-dealkylation sites (N-methyl/N-ethyl adjacent to an activating group) is 1. The Labute approximate surface area is 240 Å². The van der Waals surface area contributed by atoms with E-state index in [0.717, 1.165) is 55.4 Å². The highest BCUT2D eigenvalue weighted by Gasteiger charge is 2.52. The number of benzene rings is 2. The van der Waals surface area contributed by atoms with Crippen molar-refractivity contribution >= 4 is 40.3 Å². The molecule has 5 rings (SSSR count). The molecule has 0 saturated carbocycles. The van der Waals surface area contributed by atoms with E-state index in [1.165, 1.54) is 11.1 Å². The first kappa shape index (κ1) is 27.0. The zero-order valence-corrected chi connectivity index (χ0v) is 25.0. The number of halogens is 1. The Kier molecular flexibility index (Phi) is 7.76. The number of carbonyl (C=O) groups excluding carboxylic acids is 1. The van der Waals surface area contributed by atoms with Crippen LogP contribution in [-0.4, -0.2) is 60.3 Å². The van der Waals surface area contributed by atoms with Gasteiger partial charge >= 0.3 is 0 Å². The van der Waals surface area contributed by atoms with E-state index in [-0.39, 0.29) is 5.78 Å². The number of hydrogen-bond donors (Lipinski definition) is 0. The van der Waals surface area contributed by atoms with Crippen molar-refractivity contribution in [2.75, 3.05) is 44.7 Å². The number of aryl methyl sites for hydroxylation is 1. The van der Waals surface area contributed by atoms with Crippen molar-refractivity contribution in [2.24, 2.45) is 5.41 Å². The first-order valence-electron chi connectivity index (χ1n) is 13.4. The van der Waals surface area contributed by atoms with Gasteiger partial charge in [-0.15, -0.1) is 0 Å². The Balaban J connectivity index is 1.60. The third kappa shape index (κ3) is 5.44. The van der Waals surface area contributed by atoms with Crippen molar-refractivity contribution in [3.05, 3.63) is 101 Å². The predicted molar refractivity (Wildman–Crippen MR) is 164 cm³/mol. The van der Waals surface area contributed by atoms with E-state index in [4.69, 9.17) is 4.98 Å². The van der Waals surface area contributed by atoms with Crippen LogP contribution >= 0.6 is 22.6 Å². The number of piperazine rings is 1. The molecule has 0 aliphatic carbocycles. The van der Waals surface area contributed by atoms with E-state index < -0.39 is 8.96 Å². The topological polar surface area (TPSA) is 39.7 Å². The van der Waals surface area contributed by atoms with Crippen molar-refractivity contribution in [1.29, 1.82) is 0 Å². The van der Waals surface area contributed by atoms with Gasteiger partial charge < -0.3 is 9.80 Å². The summed E-state index contributed by atoms with van der Waals surface area (Å²) in [6, 6.07) is 25.3. The number of carbonyl (C=O) groups is 1. The molecule has 0 N–H and O–H groups in total. The Morgan fingerprint density at radius 2 is 1.61 bits per heavy atom. The summed E-state index contributed by atoms with van der Waals surface area (Å²) in [5.41, 5.74) is 4.70. The zero-order chi connectivity index (χ0) is 26.9. The molecule has 38 heavy (non-hydrogen) atoms. The van der Waals surface area contributed by atoms with E-state index in [2.05, 4.69) is 126 Å². The predicted octanol–water partition coefficient (Wildman–Crippen LogP) is 5.92. The van der Waals surface area contributed by atoms with E-state index in [0.29, 0.717) is 6.54 Å². The fourth-order valence-corrected chi connectivity index (χ4v) is 6.56. The molecule has 2 fully saturated rings. The molecule has 0 radical (unpaired) electrons. The van der Waals surface area contributed by atoms with Crippen LogP contribution in [0.25, 0.3) is 6.08 Å². The molecule has 3 heterocycles. The van der Waals surface area contributed by atoms with E-state index in [1.54, 1.807) is 0 Å². The number of aromatic nitrogens is 1. The first-order valence-corrected chi connectivity index (χ1v) is 14.5. The Morgan fingerprint density at radius 1 is 0.921 bits per heavy atom. The Hall–Kier alpha value is -2.55. The molecule has 1 unspecified atom stereocenters. The van der Waals surface area contributed by atoms with Crippen LogP contribution in [0.4, 0.5) is 5.82 Å². The van der Waals surface area contributed by atoms with Crippen LogP contribution in [0.3, 0.4) is 0 Å². The number of Topliss-reactive ketones (excluding diaryl/α,β-unsaturated/α-hetero) is 1. The fraction of sp³-hybridized carbons (Fsp3) is 0.375. The minimum atomic E-state index is -0.623. The van der Waals surface area contributed by atoms with Crippen molar-refractivity contribution in [3.63, 3.8) is 0 Å². The number of hydrogen-bond acceptors (Lipinski definition) is 5. The second kappa shape index (κ2) is 10.9. The highest BCUT2D eigenvalue weighted by molar-refractivity contribution is 14.1. The molecule has 2 aromatic carbocycles. The number of piperidine rings is 1. The summed E-state index contributed by atoms with van der Waals surface area (Å²) in [4.78, 5) is 26.3. The molecule has 5 nitrogen and oxygen atoms in total. The van der Waals surface area contributed by atoms with Gasteiger partial charge in [-0.05, 0) is 43.3 Å². The molecule has 1 atom stereocenters. The monoisotopic (exact) mass is 620 g/mol. The maximum absolute atomic E-state index is 14.2. The van der Waals surface area contributed by atoms with Crippen LogP contribution in [0.1, 0.15) is 36.2 Å². The maximum atomic E-state index is 14.2. The third-order valence-electron chi connectivity index (χ3n) is 7.76. The average Bonchev–Trinajstić information content (AvgIpc) is 2.92. The Bertz CT molecular complexity index is 1310. The summed E-state index contributed by atoms with van der Waals surface area (Å²) in [5.74, 6) is 1.16. The second-order valence-electron chi connectivity index (χ2n) is 11.3. The molecule has 2 aliphatic rings. The summed E-state index contributed by atoms with van der Waals surface area (Å²) in [6.45, 7) is 11.6. The number of likely N-dealkylation sites (tertiary alicyclic amines) is 1. The first-order chi connectivity index (χ1) is 18.2. The lowest BCUT2D eigenvalue weighted by Crippen LogP contribution is -2.56. The van der Waals surface area contributed by atoms with Gasteiger partial charge in [0.1, 0.15) is 9.36 Å². The number of alkyl halides is 1. The molecular weight excluding hydrogens is 583 g/mol. The van der Waals surface area contributed by atoms with Gasteiger partial charge in [-0.2, -0.15) is 0 Å². The van der Waals surface area contributed by atoms with Gasteiger partial charge in [0.15, 0.2) is 5.78 Å². The van der Waals surface area contributed by atoms with Crippen molar-refractivity contribution in [1.82, 2.24) is 14.8 Å². The molecule has 2 aliphatic heterocycles. The van der Waals surface area contributed by atoms with Crippen LogP contribution < -0.4 is 4.90 Å². The number of pyridine rings is 1. The number of anilines is 1. The SMILES string of the molecule is Cc1ccc(CN2CC(C)(C)C(=O)C(=Cc3cccc(N4CCN(C)CC4)n3)C2(I)c2ccccc2)cc1. The summed E-state index contributed by atoms with van der Waals surface area (Å²) in [7, 11) is 2.16. The van der Waals surface area contributed by atoms with Crippen molar-refractivity contribution in [2.45, 2.75) is 30.9 Å². The molecule has 0 bridgehead atoms. The smallest absolute Gasteiger partial charge is 0.168 e. The summed E-state index contributed by atoms with van der Waals surface area (Å²) in [5, 5.41) is 0. The summed E-state index contributed by atoms with van der Waals surface area (Å²) in [6.07, 6.45) is 2.05. The number of nitrogens with zero attached hydrogens (tertiary/aromatic N) is 4. The van der Waals surface area contributed by atoms with Gasteiger partial charge in [0.25, 0.3) is 0 Å². The van der Waals surface area contributed by atoms with Crippen LogP contribution in [0.15, 0.2) is 78.4 Å². The molecule has 6 heteroatoms. The minimum Gasteiger partial charge on any atom is -0.354 e. The average molecular weight is 621 g/mol. The van der Waals surface area contributed by atoms with Gasteiger partial charge in [0, 0.05) is 50.3 Å².